The molecule has 0 amide bonds. The summed E-state index contributed by atoms with van der Waals surface area (Å²) in [5, 5.41) is 5.62. The summed E-state index contributed by atoms with van der Waals surface area (Å²) in [6, 6.07) is 8.32. The van der Waals surface area contributed by atoms with E-state index in [0.717, 1.165) is 136 Å². The Morgan fingerprint density at radius 3 is 1.88 bits per heavy atom. The highest BCUT2D eigenvalue weighted by Crippen LogP contribution is 2.38. The maximum absolute atomic E-state index is 5.95. The van der Waals surface area contributed by atoms with E-state index in [2.05, 4.69) is 79.4 Å². The molecule has 15 heteroatoms. The largest absolute Gasteiger partial charge is 0.381 e. The molecule has 0 aromatic carbocycles. The van der Waals surface area contributed by atoms with Crippen molar-refractivity contribution in [2.24, 2.45) is 9.98 Å². The second-order valence-electron chi connectivity index (χ2n) is 14.1. The Kier molecular flexibility index (Phi) is 8.41. The van der Waals surface area contributed by atoms with Gasteiger partial charge >= 0.3 is 0 Å². The van der Waals surface area contributed by atoms with Gasteiger partial charge in [0.25, 0.3) is 0 Å². The highest BCUT2D eigenvalue weighted by molar-refractivity contribution is 6.28. The third-order valence-corrected chi connectivity index (χ3v) is 11.2. The van der Waals surface area contributed by atoms with Crippen molar-refractivity contribution < 1.29 is 9.47 Å². The van der Waals surface area contributed by atoms with Crippen molar-refractivity contribution in [3.63, 3.8) is 0 Å². The number of pyridine rings is 1. The Labute approximate surface area is 300 Å². The summed E-state index contributed by atoms with van der Waals surface area (Å²) in [5.41, 5.74) is 5.11. The highest BCUT2D eigenvalue weighted by Gasteiger charge is 2.40. The van der Waals surface area contributed by atoms with E-state index in [-0.39, 0.29) is 16.4 Å². The summed E-state index contributed by atoms with van der Waals surface area (Å²) >= 11 is 5.95. The van der Waals surface area contributed by atoms with E-state index in [1.165, 1.54) is 0 Å². The van der Waals surface area contributed by atoms with Gasteiger partial charge < -0.3 is 33.7 Å². The van der Waals surface area contributed by atoms with Crippen LogP contribution in [0.4, 0.5) is 17.5 Å². The molecule has 5 aromatic heterocycles. The lowest BCUT2D eigenvalue weighted by atomic mass is 9.88. The van der Waals surface area contributed by atoms with Gasteiger partial charge in [-0.15, -0.1) is 0 Å². The first-order valence-corrected chi connectivity index (χ1v) is 18.1. The third kappa shape index (κ3) is 6.03. The molecule has 1 N–H and O–H groups in total. The molecule has 0 unspecified atom stereocenters. The summed E-state index contributed by atoms with van der Waals surface area (Å²) in [4.78, 5) is 36.4. The van der Waals surface area contributed by atoms with E-state index >= 15 is 0 Å². The number of nitrogens with zero attached hydrogens (tertiary/aromatic N) is 11. The monoisotopic (exact) mass is 708 g/mol. The van der Waals surface area contributed by atoms with Crippen molar-refractivity contribution in [1.29, 1.82) is 0 Å². The second-order valence-corrected chi connectivity index (χ2v) is 14.5. The van der Waals surface area contributed by atoms with Crippen molar-refractivity contribution in [1.82, 2.24) is 39.0 Å². The maximum atomic E-state index is 5.95. The molecule has 264 valence electrons. The van der Waals surface area contributed by atoms with Crippen LogP contribution in [0, 0.1) is 0 Å². The highest BCUT2D eigenvalue weighted by atomic mass is 35.5. The van der Waals surface area contributed by atoms with Crippen molar-refractivity contribution in [2.45, 2.75) is 36.8 Å². The van der Waals surface area contributed by atoms with Crippen molar-refractivity contribution in [3.05, 3.63) is 59.5 Å². The number of ether oxygens (including phenoxy) is 2. The Morgan fingerprint density at radius 2 is 1.29 bits per heavy atom. The summed E-state index contributed by atoms with van der Waals surface area (Å²) in [5.74, 6) is 1.30. The van der Waals surface area contributed by atoms with Crippen molar-refractivity contribution >= 4 is 63.6 Å². The molecule has 3 saturated heterocycles. The first-order chi connectivity index (χ1) is 25.0. The molecule has 0 bridgehead atoms. The zero-order valence-electron chi connectivity index (χ0n) is 28.7. The normalized spacial score (nSPS) is 20.7. The van der Waals surface area contributed by atoms with Gasteiger partial charge in [-0.3, -0.25) is 9.98 Å². The number of hydrogen-bond acceptors (Lipinski definition) is 12. The number of halogens is 1. The van der Waals surface area contributed by atoms with Crippen LogP contribution in [-0.2, 0) is 20.6 Å². The fourth-order valence-corrected chi connectivity index (χ4v) is 8.23. The number of likely N-dealkylation sites (N-methyl/N-ethyl adjacent to an activating group) is 1. The minimum Gasteiger partial charge on any atom is -0.381 e. The summed E-state index contributed by atoms with van der Waals surface area (Å²) in [6.07, 6.45) is 13.3. The Hall–Kier alpha value is -4.50. The van der Waals surface area contributed by atoms with Gasteiger partial charge in [-0.2, -0.15) is 9.97 Å². The van der Waals surface area contributed by atoms with Crippen LogP contribution in [0.25, 0.3) is 22.1 Å². The minimum absolute atomic E-state index is 0.0121. The van der Waals surface area contributed by atoms with Gasteiger partial charge in [-0.1, -0.05) is 0 Å². The lowest BCUT2D eigenvalue weighted by molar-refractivity contribution is 0.0255. The number of anilines is 3. The number of fused-ring (bicyclic) bond motifs is 8. The van der Waals surface area contributed by atoms with Gasteiger partial charge in [-0.05, 0) is 68.6 Å². The fraction of sp³-hybridized carbons (Fsp3) is 0.472. The summed E-state index contributed by atoms with van der Waals surface area (Å²) in [6.45, 7) is 8.83. The number of hydrogen-bond donors (Lipinski definition) is 1. The SMILES string of the molecule is CN1CCN(c2ccc(Nc3ncc4cc5n(c4n3)C3(CCOCC3)CN=C5)nc2)CC1.Clc1ncc2cc3n(c2n1)C1(CCOCC1)CN=C3. The molecule has 10 heterocycles. The molecule has 51 heavy (non-hydrogen) atoms. The van der Waals surface area contributed by atoms with Gasteiger partial charge in [0.1, 0.15) is 17.1 Å². The van der Waals surface area contributed by atoms with Crippen LogP contribution >= 0.6 is 11.6 Å². The Morgan fingerprint density at radius 1 is 0.706 bits per heavy atom. The lowest BCUT2D eigenvalue weighted by Crippen LogP contribution is -2.44. The standard InChI is InChI=1S/C23H28N8O.C13H13ClN4O/c1-29-6-8-30(9-7-29)18-2-3-20(25-15-18)27-22-26-13-17-12-19-14-24-16-23(4-10-32-11-5-23)31(19)21(17)28-22;14-12-16-6-9-5-10-7-15-8-13(1-3-19-4-2-13)18(10)11(9)17-12/h2-3,12-15H,4-11,16H2,1H3,(H,25,26,27,28);5-7H,1-4,8H2. The maximum Gasteiger partial charge on any atom is 0.230 e. The lowest BCUT2D eigenvalue weighted by Gasteiger charge is -2.40. The Balaban J connectivity index is 0.000000155. The smallest absolute Gasteiger partial charge is 0.230 e. The number of nitrogens with one attached hydrogen (secondary N) is 1. The molecular weight excluding hydrogens is 668 g/mol. The predicted molar refractivity (Wildman–Crippen MR) is 198 cm³/mol. The van der Waals surface area contributed by atoms with Crippen molar-refractivity contribution in [3.8, 4) is 0 Å². The first kappa shape index (κ1) is 32.4. The van der Waals surface area contributed by atoms with Gasteiger partial charge in [0.2, 0.25) is 11.2 Å². The molecule has 2 spiro atoms. The van der Waals surface area contributed by atoms with Crippen LogP contribution in [0.5, 0.6) is 0 Å². The minimum atomic E-state index is -0.0574. The number of aliphatic imine (C=N–C) groups is 2. The first-order valence-electron chi connectivity index (χ1n) is 17.7. The van der Waals surface area contributed by atoms with Crippen molar-refractivity contribution in [2.75, 3.05) is 83.0 Å². The number of piperazine rings is 1. The van der Waals surface area contributed by atoms with Crippen LogP contribution in [0.1, 0.15) is 37.1 Å². The molecule has 14 nitrogen and oxygen atoms in total. The molecule has 5 aromatic rings. The molecule has 5 aliphatic rings. The topological polar surface area (TPSA) is 136 Å². The molecule has 0 radical (unpaired) electrons. The van der Waals surface area contributed by atoms with E-state index in [4.69, 9.17) is 26.1 Å². The van der Waals surface area contributed by atoms with Crippen LogP contribution in [0.2, 0.25) is 5.28 Å². The fourth-order valence-electron chi connectivity index (χ4n) is 8.10. The molecule has 3 fully saturated rings. The van der Waals surface area contributed by atoms with E-state index in [1.807, 2.05) is 30.9 Å². The number of rotatable bonds is 3. The zero-order valence-corrected chi connectivity index (χ0v) is 29.5. The Bertz CT molecular complexity index is 2110. The summed E-state index contributed by atoms with van der Waals surface area (Å²) in [7, 11) is 2.16. The van der Waals surface area contributed by atoms with Gasteiger partial charge in [0.15, 0.2) is 0 Å². The third-order valence-electron chi connectivity index (χ3n) is 11.0. The van der Waals surface area contributed by atoms with E-state index in [9.17, 15) is 0 Å². The molecule has 0 saturated carbocycles. The van der Waals surface area contributed by atoms with Gasteiger partial charge in [-0.25, -0.2) is 15.0 Å². The quantitative estimate of drug-likeness (QED) is 0.271. The predicted octanol–water partition coefficient (Wildman–Crippen LogP) is 4.28. The van der Waals surface area contributed by atoms with Gasteiger partial charge in [0, 0.05) is 88.2 Å². The van der Waals surface area contributed by atoms with Crippen LogP contribution < -0.4 is 10.2 Å². The van der Waals surface area contributed by atoms with Crippen LogP contribution in [-0.4, -0.2) is 124 Å². The molecular formula is C36H41ClN12O2. The average Bonchev–Trinajstić information content (AvgIpc) is 3.73. The van der Waals surface area contributed by atoms with Crippen LogP contribution in [0.15, 0.2) is 52.8 Å². The molecule has 10 rings (SSSR count). The summed E-state index contributed by atoms with van der Waals surface area (Å²) < 4.78 is 15.8. The average molecular weight is 709 g/mol. The molecule has 0 aliphatic carbocycles. The zero-order chi connectivity index (χ0) is 34.4. The molecule has 5 aliphatic heterocycles. The number of aromatic nitrogens is 7. The van der Waals surface area contributed by atoms with E-state index < -0.39 is 0 Å². The second kappa shape index (κ2) is 13.2. The van der Waals surface area contributed by atoms with Crippen LogP contribution in [0.3, 0.4) is 0 Å². The van der Waals surface area contributed by atoms with E-state index in [0.29, 0.717) is 5.95 Å². The van der Waals surface area contributed by atoms with Gasteiger partial charge in [0.05, 0.1) is 47.4 Å². The van der Waals surface area contributed by atoms with E-state index in [1.54, 1.807) is 6.20 Å². The molecule has 0 atom stereocenters.